The molecule has 112 valence electrons. The molecule has 2 rings (SSSR count). The van der Waals surface area contributed by atoms with E-state index < -0.39 is 0 Å². The van der Waals surface area contributed by atoms with Gasteiger partial charge in [-0.05, 0) is 49.6 Å². The van der Waals surface area contributed by atoms with Crippen LogP contribution in [0.2, 0.25) is 0 Å². The summed E-state index contributed by atoms with van der Waals surface area (Å²) in [6, 6.07) is 8.98. The zero-order chi connectivity index (χ0) is 15.4. The van der Waals surface area contributed by atoms with Gasteiger partial charge in [0.1, 0.15) is 0 Å². The van der Waals surface area contributed by atoms with Crippen LogP contribution in [-0.2, 0) is 0 Å². The maximum absolute atomic E-state index is 6.22. The van der Waals surface area contributed by atoms with Crippen LogP contribution < -0.4 is 5.32 Å². The van der Waals surface area contributed by atoms with Crippen molar-refractivity contribution in [1.29, 1.82) is 0 Å². The standard InChI is InChI=1S/C18H21Cl2N/c1-4-16(19)17(20)11-12(2)13-9-10-18(21-3)15-8-6-5-7-14(13)15/h4-8,11,13,18,21H,2,9-10H2,1,3H3/b16-4+,17-11+/t13-,18-/m0/s1. The van der Waals surface area contributed by atoms with E-state index >= 15 is 0 Å². The third-order valence-corrected chi connectivity index (χ3v) is 4.91. The van der Waals surface area contributed by atoms with Gasteiger partial charge in [-0.25, -0.2) is 0 Å². The number of nitrogens with one attached hydrogen (secondary N) is 1. The average molecular weight is 322 g/mol. The van der Waals surface area contributed by atoms with Crippen molar-refractivity contribution in [2.75, 3.05) is 7.05 Å². The first-order chi connectivity index (χ1) is 10.1. The summed E-state index contributed by atoms with van der Waals surface area (Å²) in [6.07, 6.45) is 5.85. The number of halogens is 2. The van der Waals surface area contributed by atoms with Gasteiger partial charge < -0.3 is 5.32 Å². The molecule has 1 aromatic rings. The van der Waals surface area contributed by atoms with Crippen LogP contribution in [0.25, 0.3) is 0 Å². The van der Waals surface area contributed by atoms with E-state index in [9.17, 15) is 0 Å². The molecule has 0 spiro atoms. The highest BCUT2D eigenvalue weighted by molar-refractivity contribution is 6.44. The number of rotatable bonds is 4. The summed E-state index contributed by atoms with van der Waals surface area (Å²) >= 11 is 12.3. The van der Waals surface area contributed by atoms with Crippen molar-refractivity contribution in [1.82, 2.24) is 5.32 Å². The lowest BCUT2D eigenvalue weighted by molar-refractivity contribution is 0.471. The van der Waals surface area contributed by atoms with Gasteiger partial charge in [0.2, 0.25) is 0 Å². The highest BCUT2D eigenvalue weighted by atomic mass is 35.5. The fraction of sp³-hybridized carbons (Fsp3) is 0.333. The summed E-state index contributed by atoms with van der Waals surface area (Å²) in [5.41, 5.74) is 3.71. The zero-order valence-electron chi connectivity index (χ0n) is 12.5. The Balaban J connectivity index is 2.32. The van der Waals surface area contributed by atoms with E-state index in [1.807, 2.05) is 20.0 Å². The zero-order valence-corrected chi connectivity index (χ0v) is 14.0. The molecule has 0 bridgehead atoms. The molecule has 0 aliphatic heterocycles. The Hall–Kier alpha value is -1.02. The van der Waals surface area contributed by atoms with E-state index in [0.29, 0.717) is 22.0 Å². The van der Waals surface area contributed by atoms with Crippen LogP contribution in [0.1, 0.15) is 42.9 Å². The molecule has 1 aliphatic carbocycles. The van der Waals surface area contributed by atoms with Gasteiger partial charge in [-0.1, -0.05) is 60.1 Å². The molecule has 0 fully saturated rings. The molecule has 0 heterocycles. The smallest absolute Gasteiger partial charge is 0.0591 e. The Morgan fingerprint density at radius 3 is 2.48 bits per heavy atom. The van der Waals surface area contributed by atoms with E-state index in [2.05, 4.69) is 36.2 Å². The van der Waals surface area contributed by atoms with Gasteiger partial charge >= 0.3 is 0 Å². The van der Waals surface area contributed by atoms with Gasteiger partial charge in [0.25, 0.3) is 0 Å². The Kier molecular flexibility index (Phi) is 5.69. The predicted octanol–water partition coefficient (Wildman–Crippen LogP) is 5.65. The number of hydrogen-bond acceptors (Lipinski definition) is 1. The number of allylic oxidation sites excluding steroid dienone is 5. The molecular weight excluding hydrogens is 301 g/mol. The fourth-order valence-electron chi connectivity index (χ4n) is 2.95. The second kappa shape index (κ2) is 7.31. The highest BCUT2D eigenvalue weighted by Gasteiger charge is 2.27. The molecule has 1 aromatic carbocycles. The third kappa shape index (κ3) is 3.60. The summed E-state index contributed by atoms with van der Waals surface area (Å²) in [6.45, 7) is 6.09. The maximum atomic E-state index is 6.22. The van der Waals surface area contributed by atoms with Crippen molar-refractivity contribution in [3.8, 4) is 0 Å². The lowest BCUT2D eigenvalue weighted by atomic mass is 9.77. The molecular formula is C18H21Cl2N. The van der Waals surface area contributed by atoms with Crippen LogP contribution in [0.3, 0.4) is 0 Å². The van der Waals surface area contributed by atoms with Crippen molar-refractivity contribution in [2.45, 2.75) is 31.7 Å². The SMILES string of the molecule is C=C(/C=C(Cl)\C(Cl)=C/C)[C@@H]1CC[C@H](NC)c2ccccc21. The van der Waals surface area contributed by atoms with Gasteiger partial charge in [0.05, 0.1) is 10.1 Å². The first-order valence-corrected chi connectivity index (χ1v) is 7.98. The molecule has 1 nitrogen and oxygen atoms in total. The first-order valence-electron chi connectivity index (χ1n) is 7.22. The number of benzene rings is 1. The summed E-state index contributed by atoms with van der Waals surface area (Å²) in [5, 5.41) is 4.50. The Labute approximate surface area is 137 Å². The van der Waals surface area contributed by atoms with Crippen LogP contribution in [0.15, 0.2) is 58.6 Å². The molecule has 1 N–H and O–H groups in total. The molecule has 0 amide bonds. The van der Waals surface area contributed by atoms with E-state index in [0.717, 1.165) is 18.4 Å². The van der Waals surface area contributed by atoms with Crippen molar-refractivity contribution in [2.24, 2.45) is 0 Å². The van der Waals surface area contributed by atoms with Crippen molar-refractivity contribution in [3.05, 3.63) is 69.8 Å². The Bertz CT molecular complexity index is 587. The molecule has 0 saturated carbocycles. The fourth-order valence-corrected chi connectivity index (χ4v) is 3.25. The minimum atomic E-state index is 0.306. The molecule has 0 aromatic heterocycles. The lowest BCUT2D eigenvalue weighted by Gasteiger charge is -2.32. The molecule has 0 unspecified atom stereocenters. The summed E-state index contributed by atoms with van der Waals surface area (Å²) in [4.78, 5) is 0. The first kappa shape index (κ1) is 16.4. The van der Waals surface area contributed by atoms with Gasteiger partial charge in [-0.3, -0.25) is 0 Å². The van der Waals surface area contributed by atoms with Crippen molar-refractivity contribution in [3.63, 3.8) is 0 Å². The van der Waals surface area contributed by atoms with Crippen molar-refractivity contribution >= 4 is 23.2 Å². The molecule has 0 radical (unpaired) electrons. The maximum Gasteiger partial charge on any atom is 0.0591 e. The van der Waals surface area contributed by atoms with Crippen LogP contribution in [0.5, 0.6) is 0 Å². The number of hydrogen-bond donors (Lipinski definition) is 1. The summed E-state index contributed by atoms with van der Waals surface area (Å²) in [7, 11) is 2.01. The molecule has 3 heteroatoms. The van der Waals surface area contributed by atoms with Crippen LogP contribution in [0, 0.1) is 0 Å². The van der Waals surface area contributed by atoms with E-state index in [4.69, 9.17) is 23.2 Å². The number of fused-ring (bicyclic) bond motifs is 1. The lowest BCUT2D eigenvalue weighted by Crippen LogP contribution is -2.24. The molecule has 21 heavy (non-hydrogen) atoms. The minimum Gasteiger partial charge on any atom is -0.313 e. The minimum absolute atomic E-state index is 0.306. The summed E-state index contributed by atoms with van der Waals surface area (Å²) in [5.74, 6) is 0.306. The Morgan fingerprint density at radius 1 is 1.19 bits per heavy atom. The van der Waals surface area contributed by atoms with Gasteiger partial charge in [0.15, 0.2) is 0 Å². The largest absolute Gasteiger partial charge is 0.313 e. The monoisotopic (exact) mass is 321 g/mol. The van der Waals surface area contributed by atoms with E-state index in [1.54, 1.807) is 6.08 Å². The van der Waals surface area contributed by atoms with Crippen molar-refractivity contribution < 1.29 is 0 Å². The second-order valence-electron chi connectivity index (χ2n) is 5.30. The van der Waals surface area contributed by atoms with E-state index in [-0.39, 0.29) is 0 Å². The highest BCUT2D eigenvalue weighted by Crippen LogP contribution is 2.41. The second-order valence-corrected chi connectivity index (χ2v) is 6.12. The summed E-state index contributed by atoms with van der Waals surface area (Å²) < 4.78 is 0. The molecule has 2 atom stereocenters. The average Bonchev–Trinajstić information content (AvgIpc) is 2.52. The van der Waals surface area contributed by atoms with Gasteiger partial charge in [-0.15, -0.1) is 0 Å². The van der Waals surface area contributed by atoms with Crippen LogP contribution >= 0.6 is 23.2 Å². The van der Waals surface area contributed by atoms with E-state index in [1.165, 1.54) is 11.1 Å². The van der Waals surface area contributed by atoms with Gasteiger partial charge in [0, 0.05) is 12.0 Å². The van der Waals surface area contributed by atoms with Gasteiger partial charge in [-0.2, -0.15) is 0 Å². The normalized spacial score (nSPS) is 22.9. The van der Waals surface area contributed by atoms with Crippen LogP contribution in [-0.4, -0.2) is 7.05 Å². The quantitative estimate of drug-likeness (QED) is 0.707. The third-order valence-electron chi connectivity index (χ3n) is 4.08. The van der Waals surface area contributed by atoms with Crippen LogP contribution in [0.4, 0.5) is 0 Å². The Morgan fingerprint density at radius 2 is 1.86 bits per heavy atom. The molecule has 0 saturated heterocycles. The molecule has 1 aliphatic rings. The topological polar surface area (TPSA) is 12.0 Å². The predicted molar refractivity (Wildman–Crippen MR) is 92.9 cm³/mol.